The van der Waals surface area contributed by atoms with Crippen molar-refractivity contribution in [2.75, 3.05) is 11.9 Å². The molecule has 42 heavy (non-hydrogen) atoms. The van der Waals surface area contributed by atoms with Gasteiger partial charge in [-0.15, -0.1) is 0 Å². The maximum absolute atomic E-state index is 14.6. The number of nitrogens with one attached hydrogen (secondary N) is 3. The van der Waals surface area contributed by atoms with Gasteiger partial charge in [0.25, 0.3) is 5.91 Å². The third kappa shape index (κ3) is 4.82. The number of aromatic amines is 1. The summed E-state index contributed by atoms with van der Waals surface area (Å²) in [6.45, 7) is 7.97. The van der Waals surface area contributed by atoms with Crippen molar-refractivity contribution < 1.29 is 23.1 Å². The summed E-state index contributed by atoms with van der Waals surface area (Å²) >= 11 is 0. The zero-order valence-electron chi connectivity index (χ0n) is 23.8. The summed E-state index contributed by atoms with van der Waals surface area (Å²) in [5.41, 5.74) is 4.34. The fraction of sp³-hybridized carbons (Fsp3) is 0.355. The number of carbonyl (C=O) groups excluding carboxylic acids is 2. The van der Waals surface area contributed by atoms with E-state index < -0.39 is 40.8 Å². The summed E-state index contributed by atoms with van der Waals surface area (Å²) in [6, 6.07) is 6.01. The molecule has 218 valence electrons. The molecule has 0 bridgehead atoms. The molecule has 1 unspecified atom stereocenters. The molecule has 9 nitrogen and oxygen atoms in total. The molecule has 1 aliphatic carbocycles. The Bertz CT molecular complexity index is 1650. The van der Waals surface area contributed by atoms with Gasteiger partial charge in [0.1, 0.15) is 17.5 Å². The number of aromatic nitrogens is 4. The number of nitrogens with zero attached hydrogens (tertiary/aromatic N) is 3. The highest BCUT2D eigenvalue weighted by Crippen LogP contribution is 2.61. The number of amides is 2. The van der Waals surface area contributed by atoms with E-state index in [9.17, 15) is 18.4 Å². The van der Waals surface area contributed by atoms with E-state index in [1.54, 1.807) is 23.0 Å². The van der Waals surface area contributed by atoms with Crippen LogP contribution in [0.15, 0.2) is 48.9 Å². The average molecular weight is 575 g/mol. The second kappa shape index (κ2) is 10.4. The molecule has 1 aliphatic heterocycles. The van der Waals surface area contributed by atoms with Crippen LogP contribution in [0.1, 0.15) is 66.0 Å². The van der Waals surface area contributed by atoms with Crippen LogP contribution in [-0.2, 0) is 4.79 Å². The van der Waals surface area contributed by atoms with Crippen LogP contribution in [0.3, 0.4) is 0 Å². The zero-order valence-corrected chi connectivity index (χ0v) is 23.8. The first kappa shape index (κ1) is 27.6. The Morgan fingerprint density at radius 3 is 2.55 bits per heavy atom. The Kier molecular flexibility index (Phi) is 6.83. The van der Waals surface area contributed by atoms with Gasteiger partial charge in [-0.2, -0.15) is 5.10 Å². The molecule has 2 aliphatic rings. The lowest BCUT2D eigenvalue weighted by atomic mass is 9.75. The molecule has 1 saturated carbocycles. The molecule has 4 aromatic rings. The first-order valence-electron chi connectivity index (χ1n) is 14.0. The van der Waals surface area contributed by atoms with Crippen molar-refractivity contribution in [3.8, 4) is 17.0 Å². The number of H-pyrrole nitrogens is 1. The van der Waals surface area contributed by atoms with E-state index in [0.717, 1.165) is 34.6 Å². The van der Waals surface area contributed by atoms with E-state index >= 15 is 0 Å². The van der Waals surface area contributed by atoms with Crippen molar-refractivity contribution in [2.45, 2.75) is 58.5 Å². The lowest BCUT2D eigenvalue weighted by Gasteiger charge is -2.38. The van der Waals surface area contributed by atoms with Crippen LogP contribution < -0.4 is 15.4 Å². The quantitative estimate of drug-likeness (QED) is 0.272. The number of fused-ring (bicyclic) bond motifs is 1. The number of rotatable bonds is 7. The Morgan fingerprint density at radius 1 is 1.14 bits per heavy atom. The van der Waals surface area contributed by atoms with Gasteiger partial charge in [-0.25, -0.2) is 8.78 Å². The molecule has 3 N–H and O–H groups in total. The van der Waals surface area contributed by atoms with Gasteiger partial charge in [0.05, 0.1) is 24.2 Å². The number of anilines is 1. The molecule has 11 heteroatoms. The van der Waals surface area contributed by atoms with Crippen LogP contribution in [0.2, 0.25) is 0 Å². The molecule has 1 fully saturated rings. The third-order valence-corrected chi connectivity index (χ3v) is 8.31. The molecular formula is C31H32F2N6O3. The minimum absolute atomic E-state index is 0.0967. The van der Waals surface area contributed by atoms with E-state index in [0.29, 0.717) is 24.1 Å². The Balaban J connectivity index is 1.36. The highest BCUT2D eigenvalue weighted by molar-refractivity contribution is 6.01. The van der Waals surface area contributed by atoms with Crippen molar-refractivity contribution in [1.29, 1.82) is 0 Å². The summed E-state index contributed by atoms with van der Waals surface area (Å²) in [4.78, 5) is 35.4. The molecule has 0 saturated heterocycles. The number of carbonyl (C=O) groups is 2. The standard InChI is InChI=1S/C31H32F2N6O3/c1-16(2)39-24(7-10-36-39)29(40)38-28(27-20-11-21(32)22(33)12-25(20)42-15-31(27)8-9-31)30(41)37-19-5-6-23(35-14-19)26-17(3)13-34-18(26)4/h5-7,10-14,16,27-28,34H,8-9,15H2,1-4H3,(H,37,41)(H,38,40)/t27?,28-/m0/s1. The van der Waals surface area contributed by atoms with E-state index in [-0.39, 0.29) is 24.1 Å². The van der Waals surface area contributed by atoms with Crippen LogP contribution in [0.25, 0.3) is 11.3 Å². The van der Waals surface area contributed by atoms with Crippen molar-refractivity contribution in [3.05, 3.63) is 83.1 Å². The zero-order chi connectivity index (χ0) is 29.8. The predicted molar refractivity (Wildman–Crippen MR) is 152 cm³/mol. The SMILES string of the molecule is Cc1c[nH]c(C)c1-c1ccc(NC(=O)[C@@H](NC(=O)c2ccnn2C(C)C)C2c3cc(F)c(F)cc3OCC23CC3)cn1. The molecular weight excluding hydrogens is 542 g/mol. The number of pyridine rings is 1. The van der Waals surface area contributed by atoms with Gasteiger partial charge in [0.15, 0.2) is 11.6 Å². The average Bonchev–Trinajstić information content (AvgIpc) is 3.38. The summed E-state index contributed by atoms with van der Waals surface area (Å²) in [5, 5.41) is 10.1. The number of halogens is 2. The summed E-state index contributed by atoms with van der Waals surface area (Å²) in [5.74, 6) is -3.58. The smallest absolute Gasteiger partial charge is 0.270 e. The normalized spacial score (nSPS) is 17.5. The van der Waals surface area contributed by atoms with Gasteiger partial charge in [-0.3, -0.25) is 19.3 Å². The maximum Gasteiger partial charge on any atom is 0.270 e. The number of hydrogen-bond donors (Lipinski definition) is 3. The van der Waals surface area contributed by atoms with Crippen molar-refractivity contribution in [1.82, 2.24) is 25.1 Å². The number of hydrogen-bond acceptors (Lipinski definition) is 5. The van der Waals surface area contributed by atoms with Crippen molar-refractivity contribution in [2.24, 2.45) is 5.41 Å². The summed E-state index contributed by atoms with van der Waals surface area (Å²) in [7, 11) is 0. The van der Waals surface area contributed by atoms with Crippen LogP contribution in [0.5, 0.6) is 5.75 Å². The second-order valence-corrected chi connectivity index (χ2v) is 11.5. The fourth-order valence-electron chi connectivity index (χ4n) is 6.01. The largest absolute Gasteiger partial charge is 0.493 e. The summed E-state index contributed by atoms with van der Waals surface area (Å²) in [6.07, 6.45) is 6.42. The Labute approximate surface area is 241 Å². The lowest BCUT2D eigenvalue weighted by molar-refractivity contribution is -0.119. The number of benzene rings is 1. The topological polar surface area (TPSA) is 114 Å². The fourth-order valence-corrected chi connectivity index (χ4v) is 6.01. The molecule has 1 aromatic carbocycles. The molecule has 3 aromatic heterocycles. The first-order valence-corrected chi connectivity index (χ1v) is 14.0. The second-order valence-electron chi connectivity index (χ2n) is 11.5. The Morgan fingerprint density at radius 2 is 1.90 bits per heavy atom. The molecule has 2 atom stereocenters. The van der Waals surface area contributed by atoms with Gasteiger partial charge in [-0.1, -0.05) is 0 Å². The molecule has 6 rings (SSSR count). The van der Waals surface area contributed by atoms with Gasteiger partial charge < -0.3 is 20.4 Å². The van der Waals surface area contributed by atoms with E-state index in [1.165, 1.54) is 6.20 Å². The Hall–Kier alpha value is -4.54. The maximum atomic E-state index is 14.6. The molecule has 2 amide bonds. The predicted octanol–water partition coefficient (Wildman–Crippen LogP) is 5.44. The van der Waals surface area contributed by atoms with E-state index in [1.807, 2.05) is 40.0 Å². The van der Waals surface area contributed by atoms with Gasteiger partial charge in [-0.05, 0) is 70.4 Å². The molecule has 1 spiro atoms. The van der Waals surface area contributed by atoms with Crippen LogP contribution >= 0.6 is 0 Å². The van der Waals surface area contributed by atoms with Gasteiger partial charge in [0, 0.05) is 52.7 Å². The van der Waals surface area contributed by atoms with E-state index in [2.05, 4.69) is 25.7 Å². The first-order chi connectivity index (χ1) is 20.1. The highest BCUT2D eigenvalue weighted by atomic mass is 19.2. The van der Waals surface area contributed by atoms with Crippen LogP contribution in [-0.4, -0.2) is 44.2 Å². The highest BCUT2D eigenvalue weighted by Gasteiger charge is 2.58. The van der Waals surface area contributed by atoms with Crippen molar-refractivity contribution >= 4 is 17.5 Å². The van der Waals surface area contributed by atoms with Crippen molar-refractivity contribution in [3.63, 3.8) is 0 Å². The number of ether oxygens (including phenoxy) is 1. The summed E-state index contributed by atoms with van der Waals surface area (Å²) < 4.78 is 36.1. The number of aryl methyl sites for hydroxylation is 2. The van der Waals surface area contributed by atoms with Gasteiger partial charge in [0.2, 0.25) is 5.91 Å². The lowest BCUT2D eigenvalue weighted by Crippen LogP contribution is -2.52. The van der Waals surface area contributed by atoms with Crippen LogP contribution in [0, 0.1) is 30.9 Å². The molecule has 0 radical (unpaired) electrons. The van der Waals surface area contributed by atoms with Gasteiger partial charge >= 0.3 is 0 Å². The minimum atomic E-state index is -1.13. The van der Waals surface area contributed by atoms with Crippen LogP contribution in [0.4, 0.5) is 14.5 Å². The van der Waals surface area contributed by atoms with E-state index in [4.69, 9.17) is 4.74 Å². The molecule has 4 heterocycles. The monoisotopic (exact) mass is 574 g/mol. The minimum Gasteiger partial charge on any atom is -0.493 e. The third-order valence-electron chi connectivity index (χ3n) is 8.31.